The van der Waals surface area contributed by atoms with Crippen LogP contribution in [0.5, 0.6) is 0 Å². The number of nitrogens with one attached hydrogen (secondary N) is 2. The highest BCUT2D eigenvalue weighted by Crippen LogP contribution is 2.33. The molecular weight excluding hydrogens is 264 g/mol. The van der Waals surface area contributed by atoms with Crippen LogP contribution in [-0.4, -0.2) is 22.6 Å². The summed E-state index contributed by atoms with van der Waals surface area (Å²) in [6.07, 6.45) is 7.82. The number of H-pyrrole nitrogens is 1. The Labute approximate surface area is 127 Å². The second kappa shape index (κ2) is 7.07. The zero-order valence-electron chi connectivity index (χ0n) is 13.2. The molecule has 0 radical (unpaired) electrons. The van der Waals surface area contributed by atoms with Crippen LogP contribution in [0.25, 0.3) is 0 Å². The van der Waals surface area contributed by atoms with Gasteiger partial charge in [-0.2, -0.15) is 5.10 Å². The lowest BCUT2D eigenvalue weighted by Gasteiger charge is -2.27. The summed E-state index contributed by atoms with van der Waals surface area (Å²) in [6.45, 7) is 4.38. The molecule has 2 rings (SSSR count). The van der Waals surface area contributed by atoms with E-state index in [1.807, 2.05) is 19.9 Å². The molecule has 0 aromatic carbocycles. The van der Waals surface area contributed by atoms with Crippen molar-refractivity contribution in [1.29, 1.82) is 0 Å². The molecule has 1 aliphatic carbocycles. The maximum Gasteiger partial charge on any atom is 0.233 e. The van der Waals surface area contributed by atoms with Crippen molar-refractivity contribution in [1.82, 2.24) is 10.2 Å². The van der Waals surface area contributed by atoms with Gasteiger partial charge in [0.2, 0.25) is 5.91 Å². The molecule has 0 saturated heterocycles. The van der Waals surface area contributed by atoms with Crippen LogP contribution in [0, 0.1) is 5.41 Å². The van der Waals surface area contributed by atoms with Crippen LogP contribution in [0.3, 0.4) is 0 Å². The minimum atomic E-state index is -0.482. The van der Waals surface area contributed by atoms with Crippen molar-refractivity contribution < 1.29 is 4.79 Å². The van der Waals surface area contributed by atoms with Gasteiger partial charge in [0.25, 0.3) is 0 Å². The Morgan fingerprint density at radius 3 is 2.62 bits per heavy atom. The van der Waals surface area contributed by atoms with Gasteiger partial charge < -0.3 is 11.1 Å². The van der Waals surface area contributed by atoms with Gasteiger partial charge in [0.15, 0.2) is 5.82 Å². The van der Waals surface area contributed by atoms with Gasteiger partial charge >= 0.3 is 0 Å². The van der Waals surface area contributed by atoms with Crippen LogP contribution in [-0.2, 0) is 4.79 Å². The van der Waals surface area contributed by atoms with E-state index in [2.05, 4.69) is 15.5 Å². The Hall–Kier alpha value is -1.36. The fourth-order valence-corrected chi connectivity index (χ4v) is 3.22. The number of nitrogens with zero attached hydrogens (tertiary/aromatic N) is 1. The molecule has 1 aromatic heterocycles. The number of carbonyl (C=O) groups excluding carboxylic acids is 1. The molecule has 5 nitrogen and oxygen atoms in total. The number of anilines is 1. The van der Waals surface area contributed by atoms with Gasteiger partial charge in [-0.3, -0.25) is 9.89 Å². The Bertz CT molecular complexity index is 450. The highest BCUT2D eigenvalue weighted by molar-refractivity contribution is 5.94. The number of aromatic nitrogens is 2. The van der Waals surface area contributed by atoms with E-state index >= 15 is 0 Å². The standard InChI is InChI=1S/C16H28N4O/c1-3-16(4-2,11-17)15(21)18-14-10-13(19-20-14)12-8-6-5-7-9-12/h10,12H,3-9,11,17H2,1-2H3,(H2,18,19,20,21). The number of carbonyl (C=O) groups is 1. The maximum atomic E-state index is 12.5. The fraction of sp³-hybridized carbons (Fsp3) is 0.750. The number of amides is 1. The van der Waals surface area contributed by atoms with E-state index in [9.17, 15) is 4.79 Å². The molecule has 0 aliphatic heterocycles. The second-order valence-electron chi connectivity index (χ2n) is 6.19. The van der Waals surface area contributed by atoms with Gasteiger partial charge in [-0.05, 0) is 25.7 Å². The van der Waals surface area contributed by atoms with Crippen molar-refractivity contribution in [2.45, 2.75) is 64.7 Å². The summed E-state index contributed by atoms with van der Waals surface area (Å²) in [7, 11) is 0. The minimum absolute atomic E-state index is 0.0169. The van der Waals surface area contributed by atoms with Gasteiger partial charge in [-0.1, -0.05) is 33.1 Å². The zero-order valence-corrected chi connectivity index (χ0v) is 13.2. The van der Waals surface area contributed by atoms with Crippen molar-refractivity contribution in [3.8, 4) is 0 Å². The normalized spacial score (nSPS) is 16.9. The summed E-state index contributed by atoms with van der Waals surface area (Å²) in [5.41, 5.74) is 6.48. The summed E-state index contributed by atoms with van der Waals surface area (Å²) in [5.74, 6) is 1.17. The van der Waals surface area contributed by atoms with E-state index in [1.54, 1.807) is 0 Å². The molecule has 0 spiro atoms. The maximum absolute atomic E-state index is 12.5. The lowest BCUT2D eigenvalue weighted by atomic mass is 9.81. The first-order valence-corrected chi connectivity index (χ1v) is 8.22. The van der Waals surface area contributed by atoms with Gasteiger partial charge in [-0.25, -0.2) is 0 Å². The SMILES string of the molecule is CCC(CC)(CN)C(=O)Nc1cc(C2CCCCC2)[nH]n1. The van der Waals surface area contributed by atoms with Crippen LogP contribution in [0.2, 0.25) is 0 Å². The van der Waals surface area contributed by atoms with Gasteiger partial charge in [0.05, 0.1) is 5.41 Å². The molecule has 1 saturated carbocycles. The van der Waals surface area contributed by atoms with E-state index in [4.69, 9.17) is 5.73 Å². The molecule has 1 aliphatic rings. The molecule has 21 heavy (non-hydrogen) atoms. The molecule has 1 fully saturated rings. The Kier molecular flexibility index (Phi) is 5.39. The quantitative estimate of drug-likeness (QED) is 0.753. The monoisotopic (exact) mass is 292 g/mol. The topological polar surface area (TPSA) is 83.8 Å². The highest BCUT2D eigenvalue weighted by Gasteiger charge is 2.33. The third kappa shape index (κ3) is 3.46. The predicted molar refractivity (Wildman–Crippen MR) is 85.1 cm³/mol. The lowest BCUT2D eigenvalue weighted by molar-refractivity contribution is -0.125. The van der Waals surface area contributed by atoms with Gasteiger partial charge in [0, 0.05) is 24.2 Å². The molecule has 118 valence electrons. The van der Waals surface area contributed by atoms with Crippen molar-refractivity contribution in [3.05, 3.63) is 11.8 Å². The smallest absolute Gasteiger partial charge is 0.233 e. The molecular formula is C16H28N4O. The van der Waals surface area contributed by atoms with Crippen molar-refractivity contribution in [2.24, 2.45) is 11.1 Å². The van der Waals surface area contributed by atoms with E-state index in [-0.39, 0.29) is 5.91 Å². The third-order valence-electron chi connectivity index (χ3n) is 5.11. The summed E-state index contributed by atoms with van der Waals surface area (Å²) >= 11 is 0. The average Bonchev–Trinajstić information content (AvgIpc) is 2.99. The number of hydrogen-bond acceptors (Lipinski definition) is 3. The van der Waals surface area contributed by atoms with Gasteiger partial charge in [-0.15, -0.1) is 0 Å². The van der Waals surface area contributed by atoms with Crippen LogP contribution >= 0.6 is 0 Å². The highest BCUT2D eigenvalue weighted by atomic mass is 16.2. The molecule has 5 heteroatoms. The second-order valence-corrected chi connectivity index (χ2v) is 6.19. The molecule has 4 N–H and O–H groups in total. The molecule has 0 atom stereocenters. The predicted octanol–water partition coefficient (Wildman–Crippen LogP) is 3.16. The van der Waals surface area contributed by atoms with E-state index in [0.29, 0.717) is 18.3 Å². The average molecular weight is 292 g/mol. The number of hydrogen-bond donors (Lipinski definition) is 3. The van der Waals surface area contributed by atoms with Crippen LogP contribution in [0.4, 0.5) is 5.82 Å². The minimum Gasteiger partial charge on any atom is -0.329 e. The molecule has 0 unspecified atom stereocenters. The van der Waals surface area contributed by atoms with Crippen LogP contribution < -0.4 is 11.1 Å². The summed E-state index contributed by atoms with van der Waals surface area (Å²) in [4.78, 5) is 12.5. The number of nitrogens with two attached hydrogens (primary N) is 1. The zero-order chi connectivity index (χ0) is 15.3. The first-order valence-electron chi connectivity index (χ1n) is 8.22. The number of aromatic amines is 1. The van der Waals surface area contributed by atoms with E-state index < -0.39 is 5.41 Å². The first-order chi connectivity index (χ1) is 10.1. The first kappa shape index (κ1) is 16.0. The fourth-order valence-electron chi connectivity index (χ4n) is 3.22. The van der Waals surface area contributed by atoms with E-state index in [0.717, 1.165) is 18.5 Å². The molecule has 1 aromatic rings. The van der Waals surface area contributed by atoms with Crippen molar-refractivity contribution in [2.75, 3.05) is 11.9 Å². The Balaban J connectivity index is 2.03. The molecule has 0 bridgehead atoms. The summed E-state index contributed by atoms with van der Waals surface area (Å²) in [6, 6.07) is 1.99. The lowest BCUT2D eigenvalue weighted by Crippen LogP contribution is -2.41. The van der Waals surface area contributed by atoms with Crippen molar-refractivity contribution >= 4 is 11.7 Å². The van der Waals surface area contributed by atoms with Crippen LogP contribution in [0.15, 0.2) is 6.07 Å². The summed E-state index contributed by atoms with van der Waals surface area (Å²) < 4.78 is 0. The Morgan fingerprint density at radius 2 is 2.05 bits per heavy atom. The van der Waals surface area contributed by atoms with Crippen LogP contribution in [0.1, 0.15) is 70.4 Å². The largest absolute Gasteiger partial charge is 0.329 e. The number of rotatable bonds is 6. The van der Waals surface area contributed by atoms with Crippen molar-refractivity contribution in [3.63, 3.8) is 0 Å². The summed E-state index contributed by atoms with van der Waals surface area (Å²) in [5, 5.41) is 10.3. The third-order valence-corrected chi connectivity index (χ3v) is 5.11. The van der Waals surface area contributed by atoms with E-state index in [1.165, 1.54) is 32.1 Å². The molecule has 1 amide bonds. The Morgan fingerprint density at radius 1 is 1.38 bits per heavy atom. The van der Waals surface area contributed by atoms with Gasteiger partial charge in [0.1, 0.15) is 0 Å². The molecule has 1 heterocycles.